The maximum absolute atomic E-state index is 12.6. The first-order valence-electron chi connectivity index (χ1n) is 4.07. The molecule has 68 valence electrons. The third-order valence-electron chi connectivity index (χ3n) is 1.94. The highest BCUT2D eigenvalue weighted by Crippen LogP contribution is 2.24. The number of phenolic OH excluding ortho intramolecular Hbond substituents is 1. The Kier molecular flexibility index (Phi) is 2.86. The lowest BCUT2D eigenvalue weighted by molar-refractivity contribution is 0.431. The topological polar surface area (TPSA) is 44.0 Å². The van der Waals surface area contributed by atoms with Crippen molar-refractivity contribution in [2.45, 2.75) is 19.3 Å². The van der Waals surface area contributed by atoms with Crippen molar-refractivity contribution in [2.75, 3.05) is 0 Å². The summed E-state index contributed by atoms with van der Waals surface area (Å²) in [6.45, 7) is 1.87. The van der Waals surface area contributed by atoms with E-state index in [9.17, 15) is 4.39 Å². The van der Waals surface area contributed by atoms with Gasteiger partial charge in [-0.1, -0.05) is 13.0 Å². The van der Waals surface area contributed by atoms with E-state index in [0.29, 0.717) is 12.0 Å². The number of hydrogen-bond donors (Lipinski definition) is 1. The molecule has 0 bridgehead atoms. The third-order valence-corrected chi connectivity index (χ3v) is 1.94. The number of nitriles is 1. The molecule has 1 rings (SSSR count). The van der Waals surface area contributed by atoms with Gasteiger partial charge in [0.1, 0.15) is 0 Å². The summed E-state index contributed by atoms with van der Waals surface area (Å²) in [5.74, 6) is -1.32. The lowest BCUT2D eigenvalue weighted by atomic mass is 9.98. The van der Waals surface area contributed by atoms with Crippen molar-refractivity contribution in [1.29, 1.82) is 5.26 Å². The highest BCUT2D eigenvalue weighted by atomic mass is 19.1. The number of aromatic hydroxyl groups is 1. The molecular weight excluding hydrogens is 169 g/mol. The van der Waals surface area contributed by atoms with Gasteiger partial charge in [-0.3, -0.25) is 0 Å². The van der Waals surface area contributed by atoms with Gasteiger partial charge in [-0.05, 0) is 24.1 Å². The quantitative estimate of drug-likeness (QED) is 0.758. The molecule has 1 unspecified atom stereocenters. The van der Waals surface area contributed by atoms with Crippen LogP contribution in [0.15, 0.2) is 18.2 Å². The van der Waals surface area contributed by atoms with Gasteiger partial charge in [0.15, 0.2) is 11.6 Å². The van der Waals surface area contributed by atoms with Crippen LogP contribution in [0, 0.1) is 17.1 Å². The lowest BCUT2D eigenvalue weighted by Crippen LogP contribution is -1.93. The molecule has 0 aliphatic carbocycles. The van der Waals surface area contributed by atoms with E-state index in [-0.39, 0.29) is 5.92 Å². The molecule has 0 radical (unpaired) electrons. The molecule has 3 heteroatoms. The maximum Gasteiger partial charge on any atom is 0.164 e. The van der Waals surface area contributed by atoms with E-state index >= 15 is 0 Å². The van der Waals surface area contributed by atoms with Crippen molar-refractivity contribution in [1.82, 2.24) is 0 Å². The van der Waals surface area contributed by atoms with Crippen molar-refractivity contribution >= 4 is 0 Å². The Morgan fingerprint density at radius 2 is 2.31 bits per heavy atom. The Labute approximate surface area is 76.2 Å². The van der Waals surface area contributed by atoms with Gasteiger partial charge in [0, 0.05) is 0 Å². The summed E-state index contributed by atoms with van der Waals surface area (Å²) in [5.41, 5.74) is 0.656. The summed E-state index contributed by atoms with van der Waals surface area (Å²) in [6.07, 6.45) is 0.654. The molecule has 1 aromatic rings. The van der Waals surface area contributed by atoms with Crippen LogP contribution in [0.5, 0.6) is 5.75 Å². The molecule has 0 saturated carbocycles. The van der Waals surface area contributed by atoms with Crippen LogP contribution in [0.2, 0.25) is 0 Å². The lowest BCUT2D eigenvalue weighted by Gasteiger charge is -2.06. The maximum atomic E-state index is 12.6. The van der Waals surface area contributed by atoms with Gasteiger partial charge in [0.2, 0.25) is 0 Å². The van der Waals surface area contributed by atoms with Crippen molar-refractivity contribution in [3.8, 4) is 11.8 Å². The number of benzene rings is 1. The molecule has 1 aromatic carbocycles. The van der Waals surface area contributed by atoms with Crippen molar-refractivity contribution < 1.29 is 9.50 Å². The van der Waals surface area contributed by atoms with Gasteiger partial charge >= 0.3 is 0 Å². The number of phenols is 1. The van der Waals surface area contributed by atoms with E-state index in [2.05, 4.69) is 6.07 Å². The molecule has 0 spiro atoms. The van der Waals surface area contributed by atoms with Gasteiger partial charge in [-0.25, -0.2) is 4.39 Å². The molecule has 0 saturated heterocycles. The van der Waals surface area contributed by atoms with Crippen LogP contribution in [0.3, 0.4) is 0 Å². The summed E-state index contributed by atoms with van der Waals surface area (Å²) < 4.78 is 12.6. The minimum absolute atomic E-state index is 0.272. The predicted molar refractivity (Wildman–Crippen MR) is 46.7 cm³/mol. The second-order valence-corrected chi connectivity index (χ2v) is 2.80. The standard InChI is InChI=1S/C10H10FNO/c1-2-7(6-12)8-3-4-9(11)10(13)5-8/h3-5,7,13H,2H2,1H3. The van der Waals surface area contributed by atoms with Crippen LogP contribution in [0.25, 0.3) is 0 Å². The Balaban J connectivity index is 3.04. The highest BCUT2D eigenvalue weighted by Gasteiger charge is 2.10. The molecule has 1 N–H and O–H groups in total. The zero-order valence-corrected chi connectivity index (χ0v) is 7.29. The second kappa shape index (κ2) is 3.90. The SMILES string of the molecule is CCC(C#N)c1ccc(F)c(O)c1. The average molecular weight is 179 g/mol. The Morgan fingerprint density at radius 3 is 2.77 bits per heavy atom. The molecule has 0 heterocycles. The summed E-state index contributed by atoms with van der Waals surface area (Å²) >= 11 is 0. The minimum atomic E-state index is -0.656. The first kappa shape index (κ1) is 9.53. The van der Waals surface area contributed by atoms with Gasteiger partial charge in [0.25, 0.3) is 0 Å². The first-order chi connectivity index (χ1) is 6.19. The van der Waals surface area contributed by atoms with Gasteiger partial charge in [-0.2, -0.15) is 5.26 Å². The van der Waals surface area contributed by atoms with E-state index < -0.39 is 11.6 Å². The van der Waals surface area contributed by atoms with Crippen molar-refractivity contribution in [3.63, 3.8) is 0 Å². The molecule has 13 heavy (non-hydrogen) atoms. The van der Waals surface area contributed by atoms with Gasteiger partial charge < -0.3 is 5.11 Å². The minimum Gasteiger partial charge on any atom is -0.505 e. The van der Waals surface area contributed by atoms with Crippen molar-refractivity contribution in [2.24, 2.45) is 0 Å². The van der Waals surface area contributed by atoms with E-state index in [0.717, 1.165) is 0 Å². The van der Waals surface area contributed by atoms with Crippen LogP contribution >= 0.6 is 0 Å². The Hall–Kier alpha value is -1.56. The second-order valence-electron chi connectivity index (χ2n) is 2.80. The van der Waals surface area contributed by atoms with E-state index in [1.54, 1.807) is 0 Å². The van der Waals surface area contributed by atoms with Crippen LogP contribution in [-0.4, -0.2) is 5.11 Å². The smallest absolute Gasteiger partial charge is 0.164 e. The average Bonchev–Trinajstić information content (AvgIpc) is 2.13. The van der Waals surface area contributed by atoms with Crippen LogP contribution < -0.4 is 0 Å². The molecule has 0 amide bonds. The molecule has 0 aliphatic heterocycles. The summed E-state index contributed by atoms with van der Waals surface area (Å²) in [5, 5.41) is 17.8. The van der Waals surface area contributed by atoms with E-state index in [1.807, 2.05) is 6.92 Å². The highest BCUT2D eigenvalue weighted by molar-refractivity contribution is 5.33. The largest absolute Gasteiger partial charge is 0.505 e. The van der Waals surface area contributed by atoms with Crippen LogP contribution in [0.1, 0.15) is 24.8 Å². The normalized spacial score (nSPS) is 12.1. The fourth-order valence-electron chi connectivity index (χ4n) is 1.15. The van der Waals surface area contributed by atoms with E-state index in [4.69, 9.17) is 10.4 Å². The van der Waals surface area contributed by atoms with Crippen molar-refractivity contribution in [3.05, 3.63) is 29.6 Å². The number of nitrogens with zero attached hydrogens (tertiary/aromatic N) is 1. The molecule has 0 aliphatic rings. The molecule has 0 aromatic heterocycles. The molecular formula is C10H10FNO. The first-order valence-corrected chi connectivity index (χ1v) is 4.07. The monoisotopic (exact) mass is 179 g/mol. The third kappa shape index (κ3) is 1.97. The van der Waals surface area contributed by atoms with Crippen LogP contribution in [0.4, 0.5) is 4.39 Å². The Morgan fingerprint density at radius 1 is 1.62 bits per heavy atom. The molecule has 0 fully saturated rings. The number of rotatable bonds is 2. The fraction of sp³-hybridized carbons (Fsp3) is 0.300. The zero-order valence-electron chi connectivity index (χ0n) is 7.29. The molecule has 1 atom stereocenters. The summed E-state index contributed by atoms with van der Waals surface area (Å²) in [6, 6.07) is 6.07. The predicted octanol–water partition coefficient (Wildman–Crippen LogP) is 2.55. The fourth-order valence-corrected chi connectivity index (χ4v) is 1.15. The number of halogens is 1. The Bertz CT molecular complexity index is 343. The summed E-state index contributed by atoms with van der Waals surface area (Å²) in [7, 11) is 0. The molecule has 2 nitrogen and oxygen atoms in total. The van der Waals surface area contributed by atoms with Gasteiger partial charge in [0.05, 0.1) is 12.0 Å². The van der Waals surface area contributed by atoms with Gasteiger partial charge in [-0.15, -0.1) is 0 Å². The zero-order chi connectivity index (χ0) is 9.84. The van der Waals surface area contributed by atoms with E-state index in [1.165, 1.54) is 18.2 Å². The number of hydrogen-bond acceptors (Lipinski definition) is 2. The van der Waals surface area contributed by atoms with Crippen LogP contribution in [-0.2, 0) is 0 Å². The summed E-state index contributed by atoms with van der Waals surface area (Å²) in [4.78, 5) is 0.